The fourth-order valence-corrected chi connectivity index (χ4v) is 2.83. The van der Waals surface area contributed by atoms with Gasteiger partial charge in [0.15, 0.2) is 0 Å². The molecule has 1 atom stereocenters. The van der Waals surface area contributed by atoms with Crippen molar-refractivity contribution in [3.05, 3.63) is 83.7 Å². The zero-order valence-corrected chi connectivity index (χ0v) is 12.9. The number of nitrogens with zero attached hydrogens (tertiary/aromatic N) is 3. The smallest absolute Gasteiger partial charge is 0.324 e. The summed E-state index contributed by atoms with van der Waals surface area (Å²) >= 11 is 0. The lowest BCUT2D eigenvalue weighted by Gasteiger charge is -2.24. The first-order valence-electron chi connectivity index (χ1n) is 7.63. The van der Waals surface area contributed by atoms with Crippen LogP contribution in [0.25, 0.3) is 5.70 Å². The van der Waals surface area contributed by atoms with E-state index >= 15 is 0 Å². The van der Waals surface area contributed by atoms with Crippen molar-refractivity contribution in [3.8, 4) is 0 Å². The second-order valence-corrected chi connectivity index (χ2v) is 5.66. The highest BCUT2D eigenvalue weighted by atomic mass is 19.4. The van der Waals surface area contributed by atoms with E-state index in [4.69, 9.17) is 0 Å². The molecule has 4 nitrogen and oxygen atoms in total. The molecule has 0 amide bonds. The first-order valence-corrected chi connectivity index (χ1v) is 7.63. The summed E-state index contributed by atoms with van der Waals surface area (Å²) < 4.78 is 40.0. The molecule has 2 aromatic carbocycles. The van der Waals surface area contributed by atoms with Gasteiger partial charge in [0.1, 0.15) is 12.4 Å². The van der Waals surface area contributed by atoms with E-state index in [1.54, 1.807) is 4.68 Å². The number of aromatic nitrogens is 3. The van der Waals surface area contributed by atoms with Crippen molar-refractivity contribution in [1.82, 2.24) is 14.8 Å². The second kappa shape index (κ2) is 5.77. The number of rotatable bonds is 2. The normalized spacial score (nSPS) is 16.8. The Bertz CT molecular complexity index is 911. The number of fused-ring (bicyclic) bond motifs is 1. The van der Waals surface area contributed by atoms with Crippen LogP contribution in [-0.2, 0) is 6.18 Å². The van der Waals surface area contributed by atoms with Gasteiger partial charge in [0.25, 0.3) is 0 Å². The highest BCUT2D eigenvalue weighted by molar-refractivity contribution is 5.77. The quantitative estimate of drug-likeness (QED) is 0.753. The third-order valence-electron chi connectivity index (χ3n) is 4.07. The zero-order valence-electron chi connectivity index (χ0n) is 12.9. The third kappa shape index (κ3) is 2.88. The molecule has 25 heavy (non-hydrogen) atoms. The lowest BCUT2D eigenvalue weighted by Crippen LogP contribution is -2.20. The second-order valence-electron chi connectivity index (χ2n) is 5.66. The zero-order chi connectivity index (χ0) is 17.4. The molecule has 1 aliphatic rings. The predicted octanol–water partition coefficient (Wildman–Crippen LogP) is 4.35. The number of hydrogen-bond acceptors (Lipinski definition) is 3. The lowest BCUT2D eigenvalue weighted by atomic mass is 10.0. The largest absolute Gasteiger partial charge is 0.416 e. The Morgan fingerprint density at radius 1 is 0.960 bits per heavy atom. The molecule has 0 unspecified atom stereocenters. The third-order valence-corrected chi connectivity index (χ3v) is 4.07. The van der Waals surface area contributed by atoms with E-state index < -0.39 is 11.7 Å². The van der Waals surface area contributed by atoms with Crippen molar-refractivity contribution in [2.45, 2.75) is 12.2 Å². The standard InChI is InChI=1S/C18H13F3N4/c19-18(20,21)14-8-6-13(7-9-14)16-10-15(12-4-2-1-3-5-12)24-17-22-11-23-25(16)17/h1-11,16H,(H,22,23,24)/t16-/m1/s1. The Hall–Kier alpha value is -3.09. The van der Waals surface area contributed by atoms with Gasteiger partial charge in [0, 0.05) is 5.70 Å². The number of allylic oxidation sites excluding steroid dienone is 1. The Balaban J connectivity index is 1.76. The minimum atomic E-state index is -4.35. The molecular weight excluding hydrogens is 329 g/mol. The molecule has 0 saturated carbocycles. The maximum Gasteiger partial charge on any atom is 0.416 e. The minimum absolute atomic E-state index is 0.337. The summed E-state index contributed by atoms with van der Waals surface area (Å²) in [6, 6.07) is 14.5. The average Bonchev–Trinajstić information content (AvgIpc) is 3.09. The summed E-state index contributed by atoms with van der Waals surface area (Å²) in [7, 11) is 0. The topological polar surface area (TPSA) is 42.7 Å². The summed E-state index contributed by atoms with van der Waals surface area (Å²) in [5, 5.41) is 7.39. The van der Waals surface area contributed by atoms with Crippen LogP contribution in [0.5, 0.6) is 0 Å². The molecule has 2 heterocycles. The van der Waals surface area contributed by atoms with Crippen LogP contribution in [0.1, 0.15) is 22.7 Å². The first-order chi connectivity index (χ1) is 12.0. The van der Waals surface area contributed by atoms with Gasteiger partial charge in [0.05, 0.1) is 5.56 Å². The lowest BCUT2D eigenvalue weighted by molar-refractivity contribution is -0.137. The van der Waals surface area contributed by atoms with Gasteiger partial charge in [-0.05, 0) is 29.3 Å². The first kappa shape index (κ1) is 15.4. The Labute approximate surface area is 141 Å². The molecule has 7 heteroatoms. The van der Waals surface area contributed by atoms with Crippen LogP contribution in [-0.4, -0.2) is 14.8 Å². The Morgan fingerprint density at radius 2 is 1.68 bits per heavy atom. The molecule has 0 spiro atoms. The molecular formula is C18H13F3N4. The maximum atomic E-state index is 12.8. The van der Waals surface area contributed by atoms with Crippen LogP contribution in [0.2, 0.25) is 0 Å². The number of alkyl halides is 3. The number of benzene rings is 2. The SMILES string of the molecule is FC(F)(F)c1ccc([C@H]2C=C(c3ccccc3)Nc3ncnn32)cc1. The summed E-state index contributed by atoms with van der Waals surface area (Å²) in [6.45, 7) is 0. The number of hydrogen-bond donors (Lipinski definition) is 1. The molecule has 0 aliphatic carbocycles. The van der Waals surface area contributed by atoms with Crippen LogP contribution in [0, 0.1) is 0 Å². The van der Waals surface area contributed by atoms with E-state index in [1.807, 2.05) is 36.4 Å². The molecule has 0 saturated heterocycles. The van der Waals surface area contributed by atoms with Crippen molar-refractivity contribution in [2.75, 3.05) is 5.32 Å². The van der Waals surface area contributed by atoms with E-state index in [1.165, 1.54) is 18.5 Å². The van der Waals surface area contributed by atoms with Gasteiger partial charge in [-0.25, -0.2) is 4.68 Å². The van der Waals surface area contributed by atoms with Gasteiger partial charge in [-0.1, -0.05) is 42.5 Å². The highest BCUT2D eigenvalue weighted by Crippen LogP contribution is 2.34. The van der Waals surface area contributed by atoms with Crippen LogP contribution in [0.4, 0.5) is 19.1 Å². The highest BCUT2D eigenvalue weighted by Gasteiger charge is 2.31. The van der Waals surface area contributed by atoms with Crippen LogP contribution >= 0.6 is 0 Å². The summed E-state index contributed by atoms with van der Waals surface area (Å²) in [6.07, 6.45) is -1.00. The van der Waals surface area contributed by atoms with E-state index in [9.17, 15) is 13.2 Å². The molecule has 1 aromatic heterocycles. The predicted molar refractivity (Wildman–Crippen MR) is 87.6 cm³/mol. The van der Waals surface area contributed by atoms with Gasteiger partial charge < -0.3 is 5.32 Å². The van der Waals surface area contributed by atoms with Gasteiger partial charge in [-0.15, -0.1) is 0 Å². The van der Waals surface area contributed by atoms with Crippen molar-refractivity contribution in [2.24, 2.45) is 0 Å². The van der Waals surface area contributed by atoms with Gasteiger partial charge in [-0.2, -0.15) is 23.3 Å². The van der Waals surface area contributed by atoms with Crippen LogP contribution < -0.4 is 5.32 Å². The number of halogens is 3. The van der Waals surface area contributed by atoms with Crippen molar-refractivity contribution < 1.29 is 13.2 Å². The average molecular weight is 342 g/mol. The van der Waals surface area contributed by atoms with Gasteiger partial charge in [-0.3, -0.25) is 0 Å². The molecule has 0 bridgehead atoms. The van der Waals surface area contributed by atoms with Crippen molar-refractivity contribution in [3.63, 3.8) is 0 Å². The van der Waals surface area contributed by atoms with E-state index in [0.717, 1.165) is 23.4 Å². The van der Waals surface area contributed by atoms with Gasteiger partial charge in [0.2, 0.25) is 5.95 Å². The van der Waals surface area contributed by atoms with E-state index in [2.05, 4.69) is 15.4 Å². The molecule has 0 fully saturated rings. The van der Waals surface area contributed by atoms with Gasteiger partial charge >= 0.3 is 6.18 Å². The molecule has 1 aliphatic heterocycles. The Kier molecular flexibility index (Phi) is 3.56. The monoisotopic (exact) mass is 342 g/mol. The molecule has 1 N–H and O–H groups in total. The Morgan fingerprint density at radius 3 is 2.36 bits per heavy atom. The van der Waals surface area contributed by atoms with E-state index in [-0.39, 0.29) is 6.04 Å². The van der Waals surface area contributed by atoms with E-state index in [0.29, 0.717) is 11.5 Å². The molecule has 3 aromatic rings. The fraction of sp³-hybridized carbons (Fsp3) is 0.111. The van der Waals surface area contributed by atoms with Crippen molar-refractivity contribution in [1.29, 1.82) is 0 Å². The molecule has 4 rings (SSSR count). The summed E-state index contributed by atoms with van der Waals surface area (Å²) in [5.74, 6) is 0.547. The van der Waals surface area contributed by atoms with Crippen LogP contribution in [0.3, 0.4) is 0 Å². The van der Waals surface area contributed by atoms with Crippen LogP contribution in [0.15, 0.2) is 67.0 Å². The number of anilines is 1. The number of nitrogens with one attached hydrogen (secondary N) is 1. The minimum Gasteiger partial charge on any atom is -0.324 e. The summed E-state index contributed by atoms with van der Waals surface area (Å²) in [4.78, 5) is 4.18. The molecule has 126 valence electrons. The molecule has 0 radical (unpaired) electrons. The fourth-order valence-electron chi connectivity index (χ4n) is 2.83. The maximum absolute atomic E-state index is 12.8. The summed E-state index contributed by atoms with van der Waals surface area (Å²) in [5.41, 5.74) is 1.84. The van der Waals surface area contributed by atoms with Crippen molar-refractivity contribution >= 4 is 11.6 Å².